The van der Waals surface area contributed by atoms with Crippen LogP contribution in [0, 0.1) is 12.3 Å². The molecule has 20 heavy (non-hydrogen) atoms. The van der Waals surface area contributed by atoms with Gasteiger partial charge < -0.3 is 15.8 Å². The van der Waals surface area contributed by atoms with Gasteiger partial charge in [0.15, 0.2) is 5.84 Å². The number of benzene rings is 1. The molecule has 1 rings (SSSR count). The van der Waals surface area contributed by atoms with Crippen LogP contribution in [0.15, 0.2) is 29.4 Å². The molecule has 1 aromatic rings. The smallest absolute Gasteiger partial charge is 0.240 e. The molecule has 0 aromatic heterocycles. The van der Waals surface area contributed by atoms with E-state index in [1.807, 2.05) is 45.0 Å². The summed E-state index contributed by atoms with van der Waals surface area (Å²) in [7, 11) is 1.71. The van der Waals surface area contributed by atoms with Crippen molar-refractivity contribution in [2.75, 3.05) is 11.9 Å². The van der Waals surface area contributed by atoms with E-state index in [0.717, 1.165) is 11.3 Å². The van der Waals surface area contributed by atoms with Crippen molar-refractivity contribution in [3.05, 3.63) is 29.8 Å². The lowest BCUT2D eigenvalue weighted by atomic mass is 9.79. The fourth-order valence-electron chi connectivity index (χ4n) is 2.39. The molecule has 0 radical (unpaired) electrons. The highest BCUT2D eigenvalue weighted by atomic mass is 16.4. The number of nitrogens with two attached hydrogens (primary N) is 1. The summed E-state index contributed by atoms with van der Waals surface area (Å²) in [6.07, 6.45) is 0.961. The van der Waals surface area contributed by atoms with Crippen LogP contribution in [0.5, 0.6) is 0 Å². The first kappa shape index (κ1) is 16.0. The van der Waals surface area contributed by atoms with Crippen molar-refractivity contribution >= 4 is 17.4 Å². The van der Waals surface area contributed by atoms with Gasteiger partial charge in [-0.15, -0.1) is 0 Å². The summed E-state index contributed by atoms with van der Waals surface area (Å²) in [5, 5.41) is 12.0. The lowest BCUT2D eigenvalue weighted by molar-refractivity contribution is -0.125. The van der Waals surface area contributed by atoms with Gasteiger partial charge in [-0.05, 0) is 37.5 Å². The van der Waals surface area contributed by atoms with E-state index in [1.165, 1.54) is 0 Å². The first-order chi connectivity index (χ1) is 9.42. The van der Waals surface area contributed by atoms with Gasteiger partial charge in [0.2, 0.25) is 5.91 Å². The van der Waals surface area contributed by atoms with E-state index in [4.69, 9.17) is 10.9 Å². The second-order valence-electron chi connectivity index (χ2n) is 4.98. The van der Waals surface area contributed by atoms with Crippen LogP contribution >= 0.6 is 0 Å². The van der Waals surface area contributed by atoms with Crippen LogP contribution < -0.4 is 10.6 Å². The fourth-order valence-corrected chi connectivity index (χ4v) is 2.39. The minimum atomic E-state index is -0.965. The predicted molar refractivity (Wildman–Crippen MR) is 81.0 cm³/mol. The fraction of sp³-hybridized carbons (Fsp3) is 0.467. The third-order valence-electron chi connectivity index (χ3n) is 3.91. The number of amidine groups is 1. The summed E-state index contributed by atoms with van der Waals surface area (Å²) < 4.78 is 0. The zero-order chi connectivity index (χ0) is 15.3. The summed E-state index contributed by atoms with van der Waals surface area (Å²) >= 11 is 0. The summed E-state index contributed by atoms with van der Waals surface area (Å²) in [4.78, 5) is 14.4. The largest absolute Gasteiger partial charge is 0.409 e. The zero-order valence-corrected chi connectivity index (χ0v) is 12.6. The molecule has 0 aliphatic heterocycles. The third-order valence-corrected chi connectivity index (χ3v) is 3.91. The average molecular weight is 277 g/mol. The molecule has 3 N–H and O–H groups in total. The number of oxime groups is 1. The molecule has 1 aromatic carbocycles. The number of anilines is 1. The van der Waals surface area contributed by atoms with Crippen LogP contribution in [0.3, 0.4) is 0 Å². The second kappa shape index (κ2) is 6.41. The molecule has 0 fully saturated rings. The molecule has 5 heteroatoms. The van der Waals surface area contributed by atoms with E-state index >= 15 is 0 Å². The third kappa shape index (κ3) is 2.76. The van der Waals surface area contributed by atoms with Crippen LogP contribution in [-0.2, 0) is 4.79 Å². The molecule has 0 saturated carbocycles. The summed E-state index contributed by atoms with van der Waals surface area (Å²) in [6, 6.07) is 7.67. The van der Waals surface area contributed by atoms with Crippen molar-refractivity contribution in [2.45, 2.75) is 33.6 Å². The Morgan fingerprint density at radius 2 is 2.00 bits per heavy atom. The van der Waals surface area contributed by atoms with Gasteiger partial charge in [-0.3, -0.25) is 4.79 Å². The number of aryl methyl sites for hydroxylation is 1. The molecule has 0 aliphatic carbocycles. The highest BCUT2D eigenvalue weighted by Gasteiger charge is 2.42. The average Bonchev–Trinajstić information content (AvgIpc) is 2.47. The maximum atomic E-state index is 12.8. The lowest BCUT2D eigenvalue weighted by Crippen LogP contribution is -2.50. The summed E-state index contributed by atoms with van der Waals surface area (Å²) in [6.45, 7) is 5.70. The monoisotopic (exact) mass is 277 g/mol. The van der Waals surface area contributed by atoms with E-state index in [-0.39, 0.29) is 11.7 Å². The predicted octanol–water partition coefficient (Wildman–Crippen LogP) is 2.51. The lowest BCUT2D eigenvalue weighted by Gasteiger charge is -2.33. The highest BCUT2D eigenvalue weighted by molar-refractivity contribution is 6.12. The Hall–Kier alpha value is -2.04. The first-order valence-corrected chi connectivity index (χ1v) is 6.75. The quantitative estimate of drug-likeness (QED) is 0.375. The topological polar surface area (TPSA) is 78.9 Å². The molecule has 5 nitrogen and oxygen atoms in total. The zero-order valence-electron chi connectivity index (χ0n) is 12.6. The van der Waals surface area contributed by atoms with E-state index in [1.54, 1.807) is 11.9 Å². The van der Waals surface area contributed by atoms with E-state index in [9.17, 15) is 4.79 Å². The van der Waals surface area contributed by atoms with E-state index < -0.39 is 5.41 Å². The van der Waals surface area contributed by atoms with Crippen LogP contribution in [0.25, 0.3) is 0 Å². The van der Waals surface area contributed by atoms with Gasteiger partial charge in [0, 0.05) is 12.7 Å². The van der Waals surface area contributed by atoms with Gasteiger partial charge in [-0.2, -0.15) is 0 Å². The molecule has 0 atom stereocenters. The molecule has 110 valence electrons. The van der Waals surface area contributed by atoms with Crippen molar-refractivity contribution < 1.29 is 10.0 Å². The van der Waals surface area contributed by atoms with Crippen LogP contribution in [0.1, 0.15) is 32.3 Å². The van der Waals surface area contributed by atoms with Crippen molar-refractivity contribution in [2.24, 2.45) is 16.3 Å². The molecule has 0 saturated heterocycles. The molecule has 0 aliphatic rings. The molecule has 0 unspecified atom stereocenters. The number of carbonyl (C=O) groups excluding carboxylic acids is 1. The number of amides is 1. The Morgan fingerprint density at radius 1 is 1.40 bits per heavy atom. The van der Waals surface area contributed by atoms with Crippen LogP contribution in [-0.4, -0.2) is 24.0 Å². The molecular formula is C15H23N3O2. The molecule has 1 amide bonds. The second-order valence-corrected chi connectivity index (χ2v) is 4.98. The number of hydrogen-bond acceptors (Lipinski definition) is 3. The van der Waals surface area contributed by atoms with Gasteiger partial charge in [0.25, 0.3) is 0 Å². The Bertz CT molecular complexity index is 508. The molecular weight excluding hydrogens is 254 g/mol. The number of rotatable bonds is 5. The van der Waals surface area contributed by atoms with Crippen LogP contribution in [0.2, 0.25) is 0 Å². The van der Waals surface area contributed by atoms with Crippen molar-refractivity contribution in [1.82, 2.24) is 0 Å². The summed E-state index contributed by atoms with van der Waals surface area (Å²) in [5.41, 5.74) is 6.68. The van der Waals surface area contributed by atoms with Crippen LogP contribution in [0.4, 0.5) is 5.69 Å². The minimum Gasteiger partial charge on any atom is -0.409 e. The number of nitrogens with zero attached hydrogens (tertiary/aromatic N) is 2. The van der Waals surface area contributed by atoms with Crippen molar-refractivity contribution in [1.29, 1.82) is 0 Å². The van der Waals surface area contributed by atoms with E-state index in [0.29, 0.717) is 12.8 Å². The Balaban J connectivity index is 3.19. The Labute approximate surface area is 120 Å². The Morgan fingerprint density at radius 3 is 2.45 bits per heavy atom. The first-order valence-electron chi connectivity index (χ1n) is 6.75. The van der Waals surface area contributed by atoms with Gasteiger partial charge in [0.05, 0.1) is 0 Å². The van der Waals surface area contributed by atoms with Crippen molar-refractivity contribution in [3.63, 3.8) is 0 Å². The number of carbonyl (C=O) groups is 1. The maximum absolute atomic E-state index is 12.8. The van der Waals surface area contributed by atoms with Crippen molar-refractivity contribution in [3.8, 4) is 0 Å². The number of hydrogen-bond donors (Lipinski definition) is 2. The Kier molecular flexibility index (Phi) is 5.13. The van der Waals surface area contributed by atoms with Gasteiger partial charge >= 0.3 is 0 Å². The minimum absolute atomic E-state index is 0.0352. The van der Waals surface area contributed by atoms with Gasteiger partial charge in [-0.25, -0.2) is 0 Å². The molecule has 0 spiro atoms. The molecule has 0 heterocycles. The van der Waals surface area contributed by atoms with Gasteiger partial charge in [0.1, 0.15) is 5.41 Å². The standard InChI is InChI=1S/C15H23N3O2/c1-5-15(6-2,13(16)17-20)14(19)18(4)12-9-7-8-11(3)10-12/h7-10,20H,5-6H2,1-4H3,(H2,16,17). The molecule has 0 bridgehead atoms. The van der Waals surface area contributed by atoms with E-state index in [2.05, 4.69) is 5.16 Å². The normalized spacial score (nSPS) is 12.3. The maximum Gasteiger partial charge on any atom is 0.240 e. The highest BCUT2D eigenvalue weighted by Crippen LogP contribution is 2.31. The summed E-state index contributed by atoms with van der Waals surface area (Å²) in [5.74, 6) is -0.199. The van der Waals surface area contributed by atoms with Gasteiger partial charge in [-0.1, -0.05) is 31.1 Å². The SMILES string of the molecule is CCC(CC)(C(=O)N(C)c1cccc(C)c1)C(N)=NO.